The molecule has 0 saturated carbocycles. The first kappa shape index (κ1) is 13.5. The molecule has 0 aromatic carbocycles. The highest BCUT2D eigenvalue weighted by atomic mass is 28.4. The van der Waals surface area contributed by atoms with E-state index in [4.69, 9.17) is 13.3 Å². The molecular formula is C9H19NO3Si. The molecule has 0 saturated heterocycles. The van der Waals surface area contributed by atoms with Crippen LogP contribution in [0, 0.1) is 0 Å². The van der Waals surface area contributed by atoms with Gasteiger partial charge in [0.05, 0.1) is 0 Å². The van der Waals surface area contributed by atoms with Crippen LogP contribution in [0.3, 0.4) is 0 Å². The molecule has 0 atom stereocenters. The van der Waals surface area contributed by atoms with Crippen LogP contribution in [-0.4, -0.2) is 42.5 Å². The lowest BCUT2D eigenvalue weighted by Crippen LogP contribution is -2.42. The van der Waals surface area contributed by atoms with E-state index in [1.807, 2.05) is 6.92 Å². The van der Waals surface area contributed by atoms with Gasteiger partial charge in [0.1, 0.15) is 0 Å². The van der Waals surface area contributed by atoms with Crippen molar-refractivity contribution in [2.24, 2.45) is 4.99 Å². The third kappa shape index (κ3) is 4.69. The summed E-state index contributed by atoms with van der Waals surface area (Å²) in [5, 5.41) is 0. The van der Waals surface area contributed by atoms with E-state index in [2.05, 4.69) is 10.9 Å². The smallest absolute Gasteiger partial charge is 0.377 e. The van der Waals surface area contributed by atoms with E-state index in [1.54, 1.807) is 27.4 Å². The summed E-state index contributed by atoms with van der Waals surface area (Å²) in [7, 11) is 2.48. The third-order valence-electron chi connectivity index (χ3n) is 1.91. The number of nitrogens with zero attached hydrogens (tertiary/aromatic N) is 1. The summed E-state index contributed by atoms with van der Waals surface area (Å²) in [5.74, 6) is 2.78. The molecule has 0 aliphatic carbocycles. The number of allylic oxidation sites excluding steroid dienone is 1. The van der Waals surface area contributed by atoms with Gasteiger partial charge in [0.2, 0.25) is 0 Å². The minimum Gasteiger partial charge on any atom is -0.377 e. The van der Waals surface area contributed by atoms with Gasteiger partial charge in [-0.05, 0) is 25.3 Å². The lowest BCUT2D eigenvalue weighted by Gasteiger charge is -2.23. The Kier molecular flexibility index (Phi) is 7.65. The van der Waals surface area contributed by atoms with Gasteiger partial charge in [-0.25, -0.2) is 4.99 Å². The normalized spacial score (nSPS) is 10.9. The molecule has 0 heterocycles. The molecule has 0 rings (SSSR count). The quantitative estimate of drug-likeness (QED) is 0.368. The zero-order chi connectivity index (χ0) is 10.9. The summed E-state index contributed by atoms with van der Waals surface area (Å²) >= 11 is 0. The molecule has 0 aliphatic heterocycles. The molecule has 0 N–H and O–H groups in total. The average Bonchev–Trinajstić information content (AvgIpc) is 2.24. The van der Waals surface area contributed by atoms with Crippen molar-refractivity contribution >= 4 is 14.7 Å². The standard InChI is InChI=1S/C9H19NO3Si/c1-5-7-10-8-6-9-14(11-2,12-3)13-4/h5H,6,8-9H2,1-4H3. The summed E-state index contributed by atoms with van der Waals surface area (Å²) in [5.41, 5.74) is 0. The van der Waals surface area contributed by atoms with Crippen molar-refractivity contribution in [3.8, 4) is 0 Å². The fourth-order valence-corrected chi connectivity index (χ4v) is 2.79. The van der Waals surface area contributed by atoms with Crippen molar-refractivity contribution in [2.75, 3.05) is 27.9 Å². The third-order valence-corrected chi connectivity index (χ3v) is 4.74. The second-order valence-electron chi connectivity index (χ2n) is 2.70. The predicted octanol–water partition coefficient (Wildman–Crippen LogP) is 1.50. The Morgan fingerprint density at radius 3 is 2.21 bits per heavy atom. The van der Waals surface area contributed by atoms with E-state index >= 15 is 0 Å². The fourth-order valence-electron chi connectivity index (χ4n) is 1.09. The van der Waals surface area contributed by atoms with Gasteiger partial charge >= 0.3 is 8.80 Å². The topological polar surface area (TPSA) is 40.0 Å². The zero-order valence-electron chi connectivity index (χ0n) is 9.37. The Hall–Kier alpha value is -0.453. The molecule has 0 bridgehead atoms. The average molecular weight is 217 g/mol. The summed E-state index contributed by atoms with van der Waals surface area (Å²) in [6.07, 6.45) is 2.68. The van der Waals surface area contributed by atoms with E-state index < -0.39 is 8.80 Å². The molecule has 82 valence electrons. The Labute approximate surface area is 87.0 Å². The van der Waals surface area contributed by atoms with Crippen molar-refractivity contribution in [3.05, 3.63) is 6.08 Å². The molecule has 14 heavy (non-hydrogen) atoms. The fraction of sp³-hybridized carbons (Fsp3) is 0.778. The van der Waals surface area contributed by atoms with Gasteiger partial charge in [0.25, 0.3) is 0 Å². The van der Waals surface area contributed by atoms with Gasteiger partial charge in [-0.1, -0.05) is 0 Å². The molecule has 0 aromatic heterocycles. The van der Waals surface area contributed by atoms with Crippen LogP contribution in [0.5, 0.6) is 0 Å². The monoisotopic (exact) mass is 217 g/mol. The maximum Gasteiger partial charge on any atom is 0.500 e. The molecule has 0 aromatic rings. The number of hydrogen-bond donors (Lipinski definition) is 0. The summed E-state index contributed by atoms with van der Waals surface area (Å²) in [4.78, 5) is 4.05. The zero-order valence-corrected chi connectivity index (χ0v) is 10.4. The largest absolute Gasteiger partial charge is 0.500 e. The summed E-state index contributed by atoms with van der Waals surface area (Å²) in [6, 6.07) is 0.783. The van der Waals surface area contributed by atoms with E-state index in [9.17, 15) is 0 Å². The highest BCUT2D eigenvalue weighted by Crippen LogP contribution is 2.14. The minimum atomic E-state index is -2.38. The van der Waals surface area contributed by atoms with E-state index in [0.717, 1.165) is 19.0 Å². The van der Waals surface area contributed by atoms with Crippen molar-refractivity contribution in [1.82, 2.24) is 0 Å². The molecule has 0 unspecified atom stereocenters. The molecule has 4 nitrogen and oxygen atoms in total. The number of hydrogen-bond acceptors (Lipinski definition) is 4. The first-order chi connectivity index (χ1) is 6.74. The molecule has 0 spiro atoms. The molecule has 0 amide bonds. The van der Waals surface area contributed by atoms with Gasteiger partial charge in [0.15, 0.2) is 0 Å². The molecule has 0 radical (unpaired) electrons. The van der Waals surface area contributed by atoms with Crippen LogP contribution in [0.25, 0.3) is 0 Å². The van der Waals surface area contributed by atoms with E-state index in [0.29, 0.717) is 0 Å². The maximum atomic E-state index is 5.27. The van der Waals surface area contributed by atoms with Crippen molar-refractivity contribution < 1.29 is 13.3 Å². The first-order valence-corrected chi connectivity index (χ1v) is 6.53. The molecular weight excluding hydrogens is 198 g/mol. The first-order valence-electron chi connectivity index (χ1n) is 4.60. The van der Waals surface area contributed by atoms with Crippen LogP contribution in [0.1, 0.15) is 13.3 Å². The second-order valence-corrected chi connectivity index (χ2v) is 5.79. The summed E-state index contributed by atoms with van der Waals surface area (Å²) < 4.78 is 15.8. The SMILES string of the molecule is CC=C=NCCC[Si](OC)(OC)OC. The Morgan fingerprint density at radius 2 is 1.79 bits per heavy atom. The molecule has 0 fully saturated rings. The van der Waals surface area contributed by atoms with Gasteiger partial charge in [-0.3, -0.25) is 0 Å². The Morgan fingerprint density at radius 1 is 1.21 bits per heavy atom. The van der Waals surface area contributed by atoms with Crippen LogP contribution in [-0.2, 0) is 13.3 Å². The minimum absolute atomic E-state index is 0.731. The van der Waals surface area contributed by atoms with Crippen molar-refractivity contribution in [3.63, 3.8) is 0 Å². The van der Waals surface area contributed by atoms with Crippen LogP contribution < -0.4 is 0 Å². The van der Waals surface area contributed by atoms with Crippen LogP contribution in [0.15, 0.2) is 11.1 Å². The Bertz CT molecular complexity index is 190. The van der Waals surface area contributed by atoms with Crippen molar-refractivity contribution in [1.29, 1.82) is 0 Å². The lowest BCUT2D eigenvalue weighted by atomic mass is 10.5. The Balaban J connectivity index is 3.88. The highest BCUT2D eigenvalue weighted by molar-refractivity contribution is 6.60. The number of rotatable bonds is 7. The van der Waals surface area contributed by atoms with E-state index in [-0.39, 0.29) is 0 Å². The van der Waals surface area contributed by atoms with Gasteiger partial charge in [-0.2, -0.15) is 0 Å². The van der Waals surface area contributed by atoms with Crippen LogP contribution in [0.4, 0.5) is 0 Å². The van der Waals surface area contributed by atoms with Crippen LogP contribution in [0.2, 0.25) is 6.04 Å². The van der Waals surface area contributed by atoms with Crippen LogP contribution >= 0.6 is 0 Å². The van der Waals surface area contributed by atoms with Gasteiger partial charge in [-0.15, -0.1) is 0 Å². The maximum absolute atomic E-state index is 5.27. The molecule has 0 aliphatic rings. The summed E-state index contributed by atoms with van der Waals surface area (Å²) in [6.45, 7) is 2.62. The van der Waals surface area contributed by atoms with E-state index in [1.165, 1.54) is 0 Å². The molecule has 5 heteroatoms. The van der Waals surface area contributed by atoms with Gasteiger partial charge in [0, 0.05) is 33.9 Å². The highest BCUT2D eigenvalue weighted by Gasteiger charge is 2.36. The second kappa shape index (κ2) is 7.91. The van der Waals surface area contributed by atoms with Crippen molar-refractivity contribution in [2.45, 2.75) is 19.4 Å². The predicted molar refractivity (Wildman–Crippen MR) is 58.8 cm³/mol. The van der Waals surface area contributed by atoms with Gasteiger partial charge < -0.3 is 13.3 Å². The lowest BCUT2D eigenvalue weighted by molar-refractivity contribution is 0.123. The number of aliphatic imine (C=N–C) groups is 1.